The van der Waals surface area contributed by atoms with Gasteiger partial charge in [-0.1, -0.05) is 12.1 Å². The fourth-order valence-electron chi connectivity index (χ4n) is 2.22. The molecule has 22 heavy (non-hydrogen) atoms. The van der Waals surface area contributed by atoms with Crippen LogP contribution in [-0.4, -0.2) is 26.5 Å². The first-order valence-corrected chi connectivity index (χ1v) is 6.80. The van der Waals surface area contributed by atoms with Crippen LogP contribution in [0.25, 0.3) is 11.1 Å². The Hall–Kier alpha value is -2.96. The van der Waals surface area contributed by atoms with Gasteiger partial charge in [0.15, 0.2) is 5.58 Å². The second kappa shape index (κ2) is 5.80. The minimum Gasteiger partial charge on any atom is -0.408 e. The predicted octanol–water partition coefficient (Wildman–Crippen LogP) is 1.20. The predicted molar refractivity (Wildman–Crippen MR) is 79.4 cm³/mol. The van der Waals surface area contributed by atoms with E-state index in [1.165, 1.54) is 23.2 Å². The number of hydrogen-bond acceptors (Lipinski definition) is 5. The highest BCUT2D eigenvalue weighted by Gasteiger charge is 2.15. The summed E-state index contributed by atoms with van der Waals surface area (Å²) in [6.45, 7) is 2.12. The second-order valence-electron chi connectivity index (χ2n) is 4.91. The number of para-hydroxylation sites is 2. The molecule has 7 heteroatoms. The summed E-state index contributed by atoms with van der Waals surface area (Å²) in [7, 11) is 0. The fourth-order valence-corrected chi connectivity index (χ4v) is 2.22. The van der Waals surface area contributed by atoms with Gasteiger partial charge < -0.3 is 9.73 Å². The van der Waals surface area contributed by atoms with E-state index in [2.05, 4.69) is 15.3 Å². The normalized spacial score (nSPS) is 12.2. The standard InChI is InChI=1S/C15H14N4O3/c1-10(18-14(20)11-8-16-6-7-17-11)9-19-12-4-2-3-5-13(12)22-15(19)21/h2-8,10H,9H2,1H3,(H,18,20)/t10-/m0/s1. The lowest BCUT2D eigenvalue weighted by molar-refractivity contribution is 0.0931. The van der Waals surface area contributed by atoms with Crippen molar-refractivity contribution in [3.8, 4) is 0 Å². The van der Waals surface area contributed by atoms with Gasteiger partial charge in [-0.3, -0.25) is 14.3 Å². The summed E-state index contributed by atoms with van der Waals surface area (Å²) in [5.74, 6) is -0.775. The van der Waals surface area contributed by atoms with Crippen molar-refractivity contribution >= 4 is 17.0 Å². The zero-order chi connectivity index (χ0) is 15.5. The van der Waals surface area contributed by atoms with Crippen LogP contribution >= 0.6 is 0 Å². The van der Waals surface area contributed by atoms with Gasteiger partial charge in [-0.2, -0.15) is 0 Å². The summed E-state index contributed by atoms with van der Waals surface area (Å²) in [6.07, 6.45) is 4.34. The van der Waals surface area contributed by atoms with Crippen LogP contribution in [0.2, 0.25) is 0 Å². The van der Waals surface area contributed by atoms with Gasteiger partial charge in [0.05, 0.1) is 11.7 Å². The van der Waals surface area contributed by atoms with Crippen molar-refractivity contribution in [1.29, 1.82) is 0 Å². The fraction of sp³-hybridized carbons (Fsp3) is 0.200. The number of rotatable bonds is 4. The number of amides is 1. The molecular weight excluding hydrogens is 284 g/mol. The van der Waals surface area contributed by atoms with Crippen LogP contribution in [-0.2, 0) is 6.54 Å². The molecule has 0 saturated heterocycles. The van der Waals surface area contributed by atoms with E-state index in [4.69, 9.17) is 4.42 Å². The maximum Gasteiger partial charge on any atom is 0.420 e. The summed E-state index contributed by atoms with van der Waals surface area (Å²) in [6, 6.07) is 6.90. The van der Waals surface area contributed by atoms with Crippen LogP contribution in [0.15, 0.2) is 52.1 Å². The van der Waals surface area contributed by atoms with Gasteiger partial charge in [-0.15, -0.1) is 0 Å². The topological polar surface area (TPSA) is 90.0 Å². The summed E-state index contributed by atoms with van der Waals surface area (Å²) in [5.41, 5.74) is 1.46. The number of nitrogens with zero attached hydrogens (tertiary/aromatic N) is 3. The number of fused-ring (bicyclic) bond motifs is 1. The van der Waals surface area contributed by atoms with E-state index >= 15 is 0 Å². The Bertz CT molecular complexity index is 854. The molecule has 0 spiro atoms. The Kier molecular flexibility index (Phi) is 3.69. The highest BCUT2D eigenvalue weighted by molar-refractivity contribution is 5.92. The van der Waals surface area contributed by atoms with Crippen molar-refractivity contribution in [2.75, 3.05) is 0 Å². The first-order valence-electron chi connectivity index (χ1n) is 6.80. The van der Waals surface area contributed by atoms with Crippen LogP contribution in [0.1, 0.15) is 17.4 Å². The number of hydrogen-bond donors (Lipinski definition) is 1. The van der Waals surface area contributed by atoms with E-state index < -0.39 is 5.76 Å². The number of aromatic nitrogens is 3. The zero-order valence-electron chi connectivity index (χ0n) is 11.9. The van der Waals surface area contributed by atoms with Crippen LogP contribution in [0.4, 0.5) is 0 Å². The molecular formula is C15H14N4O3. The van der Waals surface area contributed by atoms with Crippen LogP contribution in [0, 0.1) is 0 Å². The summed E-state index contributed by atoms with van der Waals surface area (Å²) < 4.78 is 6.66. The lowest BCUT2D eigenvalue weighted by Crippen LogP contribution is -2.37. The van der Waals surface area contributed by atoms with E-state index in [0.29, 0.717) is 17.6 Å². The molecule has 2 aromatic heterocycles. The molecule has 0 bridgehead atoms. The third kappa shape index (κ3) is 2.73. The number of nitrogens with one attached hydrogen (secondary N) is 1. The van der Waals surface area contributed by atoms with E-state index in [1.54, 1.807) is 18.2 Å². The zero-order valence-corrected chi connectivity index (χ0v) is 11.9. The maximum atomic E-state index is 12.0. The Balaban J connectivity index is 1.76. The van der Waals surface area contributed by atoms with Crippen molar-refractivity contribution < 1.29 is 9.21 Å². The molecule has 0 aliphatic heterocycles. The van der Waals surface area contributed by atoms with Gasteiger partial charge in [-0.05, 0) is 19.1 Å². The molecule has 1 amide bonds. The van der Waals surface area contributed by atoms with Crippen molar-refractivity contribution in [3.05, 3.63) is 59.1 Å². The third-order valence-corrected chi connectivity index (χ3v) is 3.20. The molecule has 0 fully saturated rings. The Morgan fingerprint density at radius 1 is 1.36 bits per heavy atom. The Morgan fingerprint density at radius 3 is 2.95 bits per heavy atom. The van der Waals surface area contributed by atoms with Gasteiger partial charge in [-0.25, -0.2) is 9.78 Å². The molecule has 3 rings (SSSR count). The Morgan fingerprint density at radius 2 is 2.18 bits per heavy atom. The van der Waals surface area contributed by atoms with Crippen LogP contribution < -0.4 is 11.1 Å². The van der Waals surface area contributed by atoms with Gasteiger partial charge >= 0.3 is 5.76 Å². The monoisotopic (exact) mass is 298 g/mol. The number of oxazole rings is 1. The molecule has 0 unspecified atom stereocenters. The van der Waals surface area contributed by atoms with E-state index in [1.807, 2.05) is 13.0 Å². The third-order valence-electron chi connectivity index (χ3n) is 3.20. The summed E-state index contributed by atoms with van der Waals surface area (Å²) in [5, 5.41) is 2.78. The van der Waals surface area contributed by atoms with Crippen molar-refractivity contribution in [3.63, 3.8) is 0 Å². The molecule has 0 aliphatic carbocycles. The molecule has 0 aliphatic rings. The molecule has 3 aromatic rings. The van der Waals surface area contributed by atoms with E-state index in [-0.39, 0.29) is 17.6 Å². The molecule has 1 aromatic carbocycles. The smallest absolute Gasteiger partial charge is 0.408 e. The summed E-state index contributed by atoms with van der Waals surface area (Å²) >= 11 is 0. The largest absolute Gasteiger partial charge is 0.420 e. The first kappa shape index (κ1) is 14.0. The maximum absolute atomic E-state index is 12.0. The lowest BCUT2D eigenvalue weighted by Gasteiger charge is -2.13. The average molecular weight is 298 g/mol. The highest BCUT2D eigenvalue weighted by Crippen LogP contribution is 2.12. The van der Waals surface area contributed by atoms with Crippen molar-refractivity contribution in [2.45, 2.75) is 19.5 Å². The minimum absolute atomic E-state index is 0.235. The van der Waals surface area contributed by atoms with Gasteiger partial charge in [0, 0.05) is 25.0 Å². The molecule has 1 N–H and O–H groups in total. The Labute approximate surface area is 125 Å². The van der Waals surface area contributed by atoms with E-state index in [9.17, 15) is 9.59 Å². The van der Waals surface area contributed by atoms with Crippen molar-refractivity contribution in [1.82, 2.24) is 19.9 Å². The van der Waals surface area contributed by atoms with Crippen molar-refractivity contribution in [2.24, 2.45) is 0 Å². The number of carbonyl (C=O) groups excluding carboxylic acids is 1. The lowest BCUT2D eigenvalue weighted by atomic mass is 10.3. The molecule has 0 saturated carbocycles. The number of benzene rings is 1. The van der Waals surface area contributed by atoms with Gasteiger partial charge in [0.2, 0.25) is 0 Å². The molecule has 0 radical (unpaired) electrons. The number of carbonyl (C=O) groups is 1. The molecule has 112 valence electrons. The molecule has 1 atom stereocenters. The van der Waals surface area contributed by atoms with Gasteiger partial charge in [0.25, 0.3) is 5.91 Å². The second-order valence-corrected chi connectivity index (χ2v) is 4.91. The van der Waals surface area contributed by atoms with Crippen LogP contribution in [0.5, 0.6) is 0 Å². The molecule has 7 nitrogen and oxygen atoms in total. The first-order chi connectivity index (χ1) is 10.6. The highest BCUT2D eigenvalue weighted by atomic mass is 16.4. The van der Waals surface area contributed by atoms with E-state index in [0.717, 1.165) is 0 Å². The summed E-state index contributed by atoms with van der Waals surface area (Å²) in [4.78, 5) is 31.7. The minimum atomic E-state index is -0.443. The van der Waals surface area contributed by atoms with Gasteiger partial charge in [0.1, 0.15) is 5.69 Å². The quantitative estimate of drug-likeness (QED) is 0.781. The SMILES string of the molecule is C[C@@H](Cn1c(=O)oc2ccccc21)NC(=O)c1cnccn1. The van der Waals surface area contributed by atoms with Crippen LogP contribution in [0.3, 0.4) is 0 Å². The average Bonchev–Trinajstić information content (AvgIpc) is 2.84. The molecule has 2 heterocycles.